The van der Waals surface area contributed by atoms with Crippen molar-refractivity contribution in [1.29, 1.82) is 0 Å². The van der Waals surface area contributed by atoms with E-state index in [1.54, 1.807) is 6.92 Å². The summed E-state index contributed by atoms with van der Waals surface area (Å²) in [4.78, 5) is 16.4. The standard InChI is InChI=1S/C13H15ClN2O3S2/c1-5-12(21(14,18)19)20-13(15-5)16-11(17)10-8-6-2-3-7(4-6)9(8)10/h6-10H,2-4H2,1H3,(H,15,16,17). The Kier molecular flexibility index (Phi) is 2.94. The van der Waals surface area contributed by atoms with Gasteiger partial charge < -0.3 is 5.32 Å². The third-order valence-corrected chi connectivity index (χ3v) is 8.50. The summed E-state index contributed by atoms with van der Waals surface area (Å²) in [6.07, 6.45) is 3.82. The van der Waals surface area contributed by atoms with Crippen molar-refractivity contribution >= 4 is 42.1 Å². The summed E-state index contributed by atoms with van der Waals surface area (Å²) in [5, 5.41) is 3.11. The second-order valence-corrected chi connectivity index (χ2v) is 10.1. The van der Waals surface area contributed by atoms with Gasteiger partial charge in [-0.05, 0) is 49.9 Å². The van der Waals surface area contributed by atoms with E-state index in [0.717, 1.165) is 23.2 Å². The van der Waals surface area contributed by atoms with Crippen LogP contribution in [0.4, 0.5) is 5.13 Å². The van der Waals surface area contributed by atoms with E-state index in [0.29, 0.717) is 22.7 Å². The number of anilines is 1. The molecule has 3 fully saturated rings. The summed E-state index contributed by atoms with van der Waals surface area (Å²) in [6.45, 7) is 1.58. The quantitative estimate of drug-likeness (QED) is 0.853. The molecular formula is C13H15ClN2O3S2. The van der Waals surface area contributed by atoms with Gasteiger partial charge in [-0.15, -0.1) is 0 Å². The van der Waals surface area contributed by atoms with Crippen LogP contribution in [0.3, 0.4) is 0 Å². The van der Waals surface area contributed by atoms with Gasteiger partial charge in [0.05, 0.1) is 5.69 Å². The predicted octanol–water partition coefficient (Wildman–Crippen LogP) is 2.61. The fourth-order valence-corrected chi connectivity index (χ4v) is 6.88. The van der Waals surface area contributed by atoms with Crippen molar-refractivity contribution in [2.24, 2.45) is 29.6 Å². The van der Waals surface area contributed by atoms with Gasteiger partial charge in [0.1, 0.15) is 0 Å². The lowest BCUT2D eigenvalue weighted by Crippen LogP contribution is -2.18. The van der Waals surface area contributed by atoms with Crippen LogP contribution in [0, 0.1) is 36.5 Å². The normalized spacial score (nSPS) is 36.6. The molecule has 4 unspecified atom stereocenters. The van der Waals surface area contributed by atoms with Gasteiger partial charge in [-0.25, -0.2) is 13.4 Å². The molecule has 114 valence electrons. The number of aromatic nitrogens is 1. The number of halogens is 1. The molecule has 21 heavy (non-hydrogen) atoms. The van der Waals surface area contributed by atoms with Crippen LogP contribution in [-0.2, 0) is 13.8 Å². The molecule has 3 saturated carbocycles. The first kappa shape index (κ1) is 14.0. The van der Waals surface area contributed by atoms with Gasteiger partial charge in [-0.2, -0.15) is 0 Å². The lowest BCUT2D eigenvalue weighted by molar-refractivity contribution is -0.118. The van der Waals surface area contributed by atoms with Gasteiger partial charge in [0.25, 0.3) is 9.05 Å². The Hall–Kier alpha value is -0.660. The predicted molar refractivity (Wildman–Crippen MR) is 79.8 cm³/mol. The lowest BCUT2D eigenvalue weighted by Gasteiger charge is -2.07. The zero-order valence-corrected chi connectivity index (χ0v) is 13.8. The van der Waals surface area contributed by atoms with Gasteiger partial charge in [0.2, 0.25) is 5.91 Å². The van der Waals surface area contributed by atoms with E-state index in [1.165, 1.54) is 19.3 Å². The topological polar surface area (TPSA) is 76.1 Å². The molecule has 1 amide bonds. The Morgan fingerprint density at radius 1 is 1.33 bits per heavy atom. The van der Waals surface area contributed by atoms with E-state index in [2.05, 4.69) is 10.3 Å². The van der Waals surface area contributed by atoms with Gasteiger partial charge in [-0.1, -0.05) is 11.3 Å². The molecule has 0 aliphatic heterocycles. The zero-order chi connectivity index (χ0) is 14.9. The second-order valence-electron chi connectivity index (χ2n) is 6.33. The molecule has 3 aliphatic rings. The van der Waals surface area contributed by atoms with Gasteiger partial charge in [-0.3, -0.25) is 4.79 Å². The third kappa shape index (κ3) is 2.12. The van der Waals surface area contributed by atoms with Crippen LogP contribution in [0.5, 0.6) is 0 Å². The number of nitrogens with one attached hydrogen (secondary N) is 1. The van der Waals surface area contributed by atoms with Crippen LogP contribution < -0.4 is 5.32 Å². The maximum Gasteiger partial charge on any atom is 0.272 e. The molecule has 2 bridgehead atoms. The van der Waals surface area contributed by atoms with E-state index in [1.807, 2.05) is 0 Å². The number of aryl methyl sites for hydroxylation is 1. The fourth-order valence-electron chi connectivity index (χ4n) is 4.53. The number of amides is 1. The van der Waals surface area contributed by atoms with Crippen LogP contribution in [0.25, 0.3) is 0 Å². The molecule has 1 aromatic heterocycles. The maximum absolute atomic E-state index is 12.4. The Labute approximate surface area is 131 Å². The second kappa shape index (κ2) is 4.43. The number of carbonyl (C=O) groups is 1. The first-order valence-electron chi connectivity index (χ1n) is 7.09. The molecule has 0 aromatic carbocycles. The van der Waals surface area contributed by atoms with Crippen molar-refractivity contribution < 1.29 is 13.2 Å². The van der Waals surface area contributed by atoms with Gasteiger partial charge >= 0.3 is 0 Å². The molecule has 1 aromatic rings. The summed E-state index contributed by atoms with van der Waals surface area (Å²) in [6, 6.07) is 0. The maximum atomic E-state index is 12.4. The highest BCUT2D eigenvalue weighted by molar-refractivity contribution is 8.15. The minimum Gasteiger partial charge on any atom is -0.302 e. The third-order valence-electron chi connectivity index (χ3n) is 5.24. The van der Waals surface area contributed by atoms with Crippen molar-refractivity contribution in [3.8, 4) is 0 Å². The van der Waals surface area contributed by atoms with Gasteiger partial charge in [0.15, 0.2) is 9.34 Å². The molecule has 0 spiro atoms. The monoisotopic (exact) mass is 346 g/mol. The molecule has 4 atom stereocenters. The number of hydrogen-bond acceptors (Lipinski definition) is 5. The Morgan fingerprint density at radius 2 is 1.95 bits per heavy atom. The number of fused-ring (bicyclic) bond motifs is 5. The SMILES string of the molecule is Cc1nc(NC(=O)C2C3C4CCC(C4)C23)sc1S(=O)(=O)Cl. The van der Waals surface area contributed by atoms with Crippen molar-refractivity contribution in [2.45, 2.75) is 30.4 Å². The summed E-state index contributed by atoms with van der Waals surface area (Å²) in [5.74, 6) is 2.67. The van der Waals surface area contributed by atoms with Crippen molar-refractivity contribution in [3.63, 3.8) is 0 Å². The van der Waals surface area contributed by atoms with E-state index in [4.69, 9.17) is 10.7 Å². The summed E-state index contributed by atoms with van der Waals surface area (Å²) in [7, 11) is 1.54. The first-order valence-corrected chi connectivity index (χ1v) is 10.2. The number of nitrogens with zero attached hydrogens (tertiary/aromatic N) is 1. The van der Waals surface area contributed by atoms with E-state index in [9.17, 15) is 13.2 Å². The van der Waals surface area contributed by atoms with E-state index >= 15 is 0 Å². The highest BCUT2D eigenvalue weighted by Crippen LogP contribution is 2.69. The van der Waals surface area contributed by atoms with E-state index < -0.39 is 9.05 Å². The zero-order valence-electron chi connectivity index (χ0n) is 11.4. The van der Waals surface area contributed by atoms with Crippen LogP contribution in [0.2, 0.25) is 0 Å². The largest absolute Gasteiger partial charge is 0.302 e. The minimum absolute atomic E-state index is 0.00568. The molecular weight excluding hydrogens is 332 g/mol. The van der Waals surface area contributed by atoms with Crippen molar-refractivity contribution in [1.82, 2.24) is 4.98 Å². The fraction of sp³-hybridized carbons (Fsp3) is 0.692. The molecule has 4 rings (SSSR count). The summed E-state index contributed by atoms with van der Waals surface area (Å²) < 4.78 is 22.8. The molecule has 5 nitrogen and oxygen atoms in total. The average molecular weight is 347 g/mol. The number of hydrogen-bond donors (Lipinski definition) is 1. The van der Waals surface area contributed by atoms with Crippen LogP contribution in [0.1, 0.15) is 25.0 Å². The highest BCUT2D eigenvalue weighted by atomic mass is 35.7. The number of carbonyl (C=O) groups excluding carboxylic acids is 1. The smallest absolute Gasteiger partial charge is 0.272 e. The highest BCUT2D eigenvalue weighted by Gasteiger charge is 2.67. The number of rotatable bonds is 3. The molecule has 3 aliphatic carbocycles. The van der Waals surface area contributed by atoms with Crippen LogP contribution >= 0.6 is 22.0 Å². The van der Waals surface area contributed by atoms with Gasteiger partial charge in [0, 0.05) is 16.6 Å². The Morgan fingerprint density at radius 3 is 2.48 bits per heavy atom. The lowest BCUT2D eigenvalue weighted by atomic mass is 10.0. The Bertz CT molecular complexity index is 714. The van der Waals surface area contributed by atoms with Crippen molar-refractivity contribution in [2.75, 3.05) is 5.32 Å². The number of thiazole rings is 1. The average Bonchev–Trinajstić information content (AvgIpc) is 2.71. The van der Waals surface area contributed by atoms with E-state index in [-0.39, 0.29) is 16.0 Å². The molecule has 8 heteroatoms. The minimum atomic E-state index is -3.80. The van der Waals surface area contributed by atoms with Crippen molar-refractivity contribution in [3.05, 3.63) is 5.69 Å². The van der Waals surface area contributed by atoms with Crippen LogP contribution in [-0.4, -0.2) is 19.3 Å². The van der Waals surface area contributed by atoms with Crippen LogP contribution in [0.15, 0.2) is 4.21 Å². The molecule has 1 heterocycles. The molecule has 1 N–H and O–H groups in total. The first-order chi connectivity index (χ1) is 9.86. The molecule has 0 radical (unpaired) electrons. The Balaban J connectivity index is 1.49. The summed E-state index contributed by atoms with van der Waals surface area (Å²) >= 11 is 0.922. The summed E-state index contributed by atoms with van der Waals surface area (Å²) in [5.41, 5.74) is 0.335. The molecule has 0 saturated heterocycles.